The lowest BCUT2D eigenvalue weighted by molar-refractivity contribution is -0.142. The van der Waals surface area contributed by atoms with Crippen molar-refractivity contribution in [2.24, 2.45) is 5.41 Å². The first kappa shape index (κ1) is 15.8. The summed E-state index contributed by atoms with van der Waals surface area (Å²) < 4.78 is 5.55. The predicted octanol–water partition coefficient (Wildman–Crippen LogP) is 1.30. The lowest BCUT2D eigenvalue weighted by Gasteiger charge is -2.37. The van der Waals surface area contributed by atoms with E-state index in [2.05, 4.69) is 5.32 Å². The highest BCUT2D eigenvalue weighted by molar-refractivity contribution is 5.83. The van der Waals surface area contributed by atoms with E-state index in [4.69, 9.17) is 4.74 Å². The Morgan fingerprint density at radius 1 is 1.26 bits per heavy atom. The molecule has 0 aromatic heterocycles. The Kier molecular flexibility index (Phi) is 4.79. The summed E-state index contributed by atoms with van der Waals surface area (Å²) in [7, 11) is 0. The van der Waals surface area contributed by atoms with Crippen molar-refractivity contribution in [1.29, 1.82) is 0 Å². The minimum atomic E-state index is -1.02. The Morgan fingerprint density at radius 2 is 1.74 bits per heavy atom. The topological polar surface area (TPSA) is 78.9 Å². The molecule has 2 N–H and O–H groups in total. The first-order chi connectivity index (χ1) is 8.61. The van der Waals surface area contributed by atoms with Crippen LogP contribution in [-0.4, -0.2) is 53.3 Å². The van der Waals surface area contributed by atoms with E-state index >= 15 is 0 Å². The van der Waals surface area contributed by atoms with Gasteiger partial charge in [-0.1, -0.05) is 20.8 Å². The van der Waals surface area contributed by atoms with E-state index in [0.29, 0.717) is 13.1 Å². The van der Waals surface area contributed by atoms with Gasteiger partial charge in [0.05, 0.1) is 12.2 Å². The molecule has 1 aliphatic heterocycles. The molecule has 0 unspecified atom stereocenters. The van der Waals surface area contributed by atoms with Crippen LogP contribution in [0.15, 0.2) is 0 Å². The summed E-state index contributed by atoms with van der Waals surface area (Å²) in [6, 6.07) is -1.25. The fraction of sp³-hybridized carbons (Fsp3) is 0.846. The molecular weight excluding hydrogens is 248 g/mol. The van der Waals surface area contributed by atoms with Crippen molar-refractivity contribution in [1.82, 2.24) is 10.2 Å². The Balaban J connectivity index is 2.69. The summed E-state index contributed by atoms with van der Waals surface area (Å²) in [6.07, 6.45) is -0.0696. The van der Waals surface area contributed by atoms with Gasteiger partial charge in [-0.3, -0.25) is 0 Å². The quantitative estimate of drug-likeness (QED) is 0.794. The molecule has 1 heterocycles. The molecule has 19 heavy (non-hydrogen) atoms. The van der Waals surface area contributed by atoms with E-state index in [1.807, 2.05) is 13.8 Å². The van der Waals surface area contributed by atoms with Crippen LogP contribution in [0.3, 0.4) is 0 Å². The first-order valence-corrected chi connectivity index (χ1v) is 6.55. The van der Waals surface area contributed by atoms with Gasteiger partial charge >= 0.3 is 12.0 Å². The molecule has 2 amide bonds. The number of aliphatic carboxylic acids is 1. The fourth-order valence-electron chi connectivity index (χ4n) is 2.21. The van der Waals surface area contributed by atoms with Gasteiger partial charge in [0.2, 0.25) is 0 Å². The van der Waals surface area contributed by atoms with Crippen molar-refractivity contribution in [3.05, 3.63) is 0 Å². The van der Waals surface area contributed by atoms with Crippen LogP contribution in [0.2, 0.25) is 0 Å². The maximum atomic E-state index is 12.1. The number of hydrogen-bond acceptors (Lipinski definition) is 3. The number of ether oxygens (including phenoxy) is 1. The highest BCUT2D eigenvalue weighted by Gasteiger charge is 2.35. The van der Waals surface area contributed by atoms with E-state index in [0.717, 1.165) is 0 Å². The molecule has 0 spiro atoms. The monoisotopic (exact) mass is 272 g/mol. The SMILES string of the molecule is C[C@@H]1CN(C(=O)N[C@H](C(=O)O)C(C)(C)C)C[C@H](C)O1. The summed E-state index contributed by atoms with van der Waals surface area (Å²) >= 11 is 0. The van der Waals surface area contributed by atoms with Crippen LogP contribution in [0.4, 0.5) is 4.79 Å². The molecule has 6 nitrogen and oxygen atoms in total. The second-order valence-corrected chi connectivity index (χ2v) is 6.25. The Hall–Kier alpha value is -1.30. The van der Waals surface area contributed by atoms with Crippen molar-refractivity contribution < 1.29 is 19.4 Å². The molecule has 0 radical (unpaired) electrons. The largest absolute Gasteiger partial charge is 0.480 e. The minimum absolute atomic E-state index is 0.0348. The number of morpholine rings is 1. The van der Waals surface area contributed by atoms with Crippen LogP contribution in [0, 0.1) is 5.41 Å². The standard InChI is InChI=1S/C13H24N2O4/c1-8-6-15(7-9(2)19-8)12(18)14-10(11(16)17)13(3,4)5/h8-10H,6-7H2,1-5H3,(H,14,18)(H,16,17)/t8-,9+,10-/m1/s1. The summed E-state index contributed by atoms with van der Waals surface area (Å²) in [5.41, 5.74) is -0.537. The van der Waals surface area contributed by atoms with Crippen LogP contribution in [0.5, 0.6) is 0 Å². The lowest BCUT2D eigenvalue weighted by atomic mass is 9.87. The van der Waals surface area contributed by atoms with E-state index < -0.39 is 17.4 Å². The maximum Gasteiger partial charge on any atom is 0.326 e. The van der Waals surface area contributed by atoms with Crippen LogP contribution >= 0.6 is 0 Å². The molecule has 6 heteroatoms. The van der Waals surface area contributed by atoms with Gasteiger partial charge < -0.3 is 20.1 Å². The van der Waals surface area contributed by atoms with Gasteiger partial charge in [0.15, 0.2) is 0 Å². The molecule has 0 bridgehead atoms. The average Bonchev–Trinajstić information content (AvgIpc) is 2.21. The van der Waals surface area contributed by atoms with Crippen molar-refractivity contribution in [3.8, 4) is 0 Å². The molecular formula is C13H24N2O4. The van der Waals surface area contributed by atoms with Gasteiger partial charge in [-0.15, -0.1) is 0 Å². The molecule has 1 rings (SSSR count). The van der Waals surface area contributed by atoms with E-state index in [1.165, 1.54) is 0 Å². The van der Waals surface area contributed by atoms with Gasteiger partial charge in [-0.25, -0.2) is 9.59 Å². The van der Waals surface area contributed by atoms with Gasteiger partial charge in [0.25, 0.3) is 0 Å². The van der Waals surface area contributed by atoms with Crippen molar-refractivity contribution in [2.75, 3.05) is 13.1 Å². The van der Waals surface area contributed by atoms with E-state index in [9.17, 15) is 14.7 Å². The zero-order valence-electron chi connectivity index (χ0n) is 12.3. The van der Waals surface area contributed by atoms with Crippen LogP contribution in [0.25, 0.3) is 0 Å². The molecule has 0 aromatic carbocycles. The van der Waals surface area contributed by atoms with Crippen LogP contribution in [-0.2, 0) is 9.53 Å². The fourth-order valence-corrected chi connectivity index (χ4v) is 2.21. The smallest absolute Gasteiger partial charge is 0.326 e. The van der Waals surface area contributed by atoms with Crippen molar-refractivity contribution in [3.63, 3.8) is 0 Å². The molecule has 3 atom stereocenters. The van der Waals surface area contributed by atoms with Crippen molar-refractivity contribution >= 4 is 12.0 Å². The molecule has 0 saturated carbocycles. The molecule has 1 aliphatic rings. The zero-order valence-corrected chi connectivity index (χ0v) is 12.3. The second kappa shape index (κ2) is 5.77. The Morgan fingerprint density at radius 3 is 2.11 bits per heavy atom. The minimum Gasteiger partial charge on any atom is -0.480 e. The van der Waals surface area contributed by atoms with E-state index in [1.54, 1.807) is 25.7 Å². The lowest BCUT2D eigenvalue weighted by Crippen LogP contribution is -2.57. The number of nitrogens with zero attached hydrogens (tertiary/aromatic N) is 1. The number of carbonyl (C=O) groups is 2. The third kappa shape index (κ3) is 4.38. The first-order valence-electron chi connectivity index (χ1n) is 6.55. The third-order valence-electron chi connectivity index (χ3n) is 3.09. The summed E-state index contributed by atoms with van der Waals surface area (Å²) in [5.74, 6) is -1.02. The predicted molar refractivity (Wildman–Crippen MR) is 71.0 cm³/mol. The van der Waals surface area contributed by atoms with Gasteiger partial charge in [-0.05, 0) is 19.3 Å². The number of hydrogen-bond donors (Lipinski definition) is 2. The number of amides is 2. The summed E-state index contributed by atoms with van der Waals surface area (Å²) in [5, 5.41) is 11.8. The number of carboxylic acid groups (broad SMARTS) is 1. The molecule has 110 valence electrons. The highest BCUT2D eigenvalue weighted by atomic mass is 16.5. The highest BCUT2D eigenvalue weighted by Crippen LogP contribution is 2.20. The van der Waals surface area contributed by atoms with Gasteiger partial charge in [0, 0.05) is 13.1 Å². The Labute approximate surface area is 114 Å². The van der Waals surface area contributed by atoms with Crippen LogP contribution in [0.1, 0.15) is 34.6 Å². The number of urea groups is 1. The number of carbonyl (C=O) groups excluding carboxylic acids is 1. The molecule has 1 fully saturated rings. The third-order valence-corrected chi connectivity index (χ3v) is 3.09. The maximum absolute atomic E-state index is 12.1. The Bertz CT molecular complexity index is 341. The number of carboxylic acids is 1. The van der Waals surface area contributed by atoms with Gasteiger partial charge in [0.1, 0.15) is 6.04 Å². The van der Waals surface area contributed by atoms with Crippen molar-refractivity contribution in [2.45, 2.75) is 52.9 Å². The van der Waals surface area contributed by atoms with Gasteiger partial charge in [-0.2, -0.15) is 0 Å². The number of rotatable bonds is 2. The molecule has 1 saturated heterocycles. The van der Waals surface area contributed by atoms with Crippen LogP contribution < -0.4 is 5.32 Å². The zero-order chi connectivity index (χ0) is 14.8. The normalized spacial score (nSPS) is 25.8. The average molecular weight is 272 g/mol. The summed E-state index contributed by atoms with van der Waals surface area (Å²) in [6.45, 7) is 10.1. The molecule has 0 aromatic rings. The van der Waals surface area contributed by atoms with E-state index in [-0.39, 0.29) is 18.2 Å². The number of nitrogens with one attached hydrogen (secondary N) is 1. The summed E-state index contributed by atoms with van der Waals surface area (Å²) in [4.78, 5) is 25.0. The molecule has 0 aliphatic carbocycles. The second-order valence-electron chi connectivity index (χ2n) is 6.25.